The molecule has 3 nitrogen and oxygen atoms in total. The molecule has 1 aliphatic rings. The van der Waals surface area contributed by atoms with E-state index in [-0.39, 0.29) is 18.3 Å². The zero-order chi connectivity index (χ0) is 12.1. The molecule has 90 valence electrons. The van der Waals surface area contributed by atoms with Gasteiger partial charge in [-0.1, -0.05) is 30.3 Å². The van der Waals surface area contributed by atoms with Gasteiger partial charge < -0.3 is 10.4 Å². The fourth-order valence-corrected chi connectivity index (χ4v) is 2.19. The highest BCUT2D eigenvalue weighted by Gasteiger charge is 2.21. The quantitative estimate of drug-likeness (QED) is 0.827. The Morgan fingerprint density at radius 2 is 2.00 bits per heavy atom. The third kappa shape index (κ3) is 3.17. The molecular weight excluding hydrogens is 214 g/mol. The first-order valence-electron chi connectivity index (χ1n) is 5.92. The molecule has 0 saturated heterocycles. The van der Waals surface area contributed by atoms with E-state index in [1.807, 2.05) is 18.2 Å². The van der Waals surface area contributed by atoms with Crippen LogP contribution in [0.4, 0.5) is 0 Å². The maximum Gasteiger partial charge on any atom is 0.158 e. The Hall–Kier alpha value is -1.61. The molecule has 0 aliphatic heterocycles. The largest absolute Gasteiger partial charge is 0.395 e. The van der Waals surface area contributed by atoms with Crippen LogP contribution in [0.2, 0.25) is 0 Å². The van der Waals surface area contributed by atoms with E-state index in [1.54, 1.807) is 6.08 Å². The second kappa shape index (κ2) is 5.64. The minimum absolute atomic E-state index is 0.0849. The van der Waals surface area contributed by atoms with E-state index in [1.165, 1.54) is 5.56 Å². The molecule has 1 atom stereocenters. The zero-order valence-corrected chi connectivity index (χ0v) is 9.73. The summed E-state index contributed by atoms with van der Waals surface area (Å²) in [5, 5.41) is 11.9. The van der Waals surface area contributed by atoms with Crippen LogP contribution in [0.5, 0.6) is 0 Å². The summed E-state index contributed by atoms with van der Waals surface area (Å²) in [6, 6.07) is 10.1. The molecule has 0 bridgehead atoms. The van der Waals surface area contributed by atoms with Gasteiger partial charge in [0, 0.05) is 24.7 Å². The summed E-state index contributed by atoms with van der Waals surface area (Å²) in [5.41, 5.74) is 2.14. The van der Waals surface area contributed by atoms with Gasteiger partial charge in [0.15, 0.2) is 5.78 Å². The number of rotatable bonds is 4. The molecular formula is C14H17NO2. The number of hydrogen-bond acceptors (Lipinski definition) is 3. The van der Waals surface area contributed by atoms with E-state index in [9.17, 15) is 4.79 Å². The van der Waals surface area contributed by atoms with Crippen molar-refractivity contribution in [2.24, 2.45) is 0 Å². The van der Waals surface area contributed by atoms with Crippen molar-refractivity contribution in [3.8, 4) is 0 Å². The number of carbonyl (C=O) groups is 1. The molecule has 0 heterocycles. The molecule has 17 heavy (non-hydrogen) atoms. The van der Waals surface area contributed by atoms with Gasteiger partial charge >= 0.3 is 0 Å². The molecule has 1 aromatic rings. The third-order valence-electron chi connectivity index (χ3n) is 2.98. The van der Waals surface area contributed by atoms with Crippen molar-refractivity contribution < 1.29 is 9.90 Å². The van der Waals surface area contributed by atoms with Crippen LogP contribution in [-0.2, 0) is 4.79 Å². The number of allylic oxidation sites excluding steroid dienone is 2. The molecule has 0 radical (unpaired) electrons. The predicted molar refractivity (Wildman–Crippen MR) is 66.6 cm³/mol. The molecule has 2 rings (SSSR count). The average molecular weight is 231 g/mol. The van der Waals surface area contributed by atoms with E-state index in [4.69, 9.17) is 5.11 Å². The van der Waals surface area contributed by atoms with Gasteiger partial charge in [-0.3, -0.25) is 4.79 Å². The van der Waals surface area contributed by atoms with Gasteiger partial charge in [-0.15, -0.1) is 0 Å². The first kappa shape index (κ1) is 11.9. The van der Waals surface area contributed by atoms with E-state index in [0.29, 0.717) is 13.0 Å². The number of benzene rings is 1. The van der Waals surface area contributed by atoms with Gasteiger partial charge in [-0.05, 0) is 17.9 Å². The van der Waals surface area contributed by atoms with Crippen molar-refractivity contribution >= 4 is 5.78 Å². The van der Waals surface area contributed by atoms with Crippen LogP contribution >= 0.6 is 0 Å². The van der Waals surface area contributed by atoms with Gasteiger partial charge in [-0.25, -0.2) is 0 Å². The van der Waals surface area contributed by atoms with Gasteiger partial charge in [0.2, 0.25) is 0 Å². The summed E-state index contributed by atoms with van der Waals surface area (Å²) in [7, 11) is 0. The molecule has 0 spiro atoms. The van der Waals surface area contributed by atoms with Crippen LogP contribution in [0.25, 0.3) is 0 Å². The Kier molecular flexibility index (Phi) is 3.94. The molecule has 0 amide bonds. The van der Waals surface area contributed by atoms with Crippen LogP contribution in [-0.4, -0.2) is 24.0 Å². The number of ketones is 1. The maximum absolute atomic E-state index is 11.6. The van der Waals surface area contributed by atoms with Crippen molar-refractivity contribution in [1.82, 2.24) is 5.32 Å². The van der Waals surface area contributed by atoms with Crippen molar-refractivity contribution in [2.75, 3.05) is 13.2 Å². The molecule has 3 heteroatoms. The lowest BCUT2D eigenvalue weighted by Gasteiger charge is -2.23. The van der Waals surface area contributed by atoms with E-state index >= 15 is 0 Å². The topological polar surface area (TPSA) is 49.3 Å². The highest BCUT2D eigenvalue weighted by Crippen LogP contribution is 2.30. The Labute approximate surface area is 101 Å². The third-order valence-corrected chi connectivity index (χ3v) is 2.98. The SMILES string of the molecule is O=C1C=C(NCCO)CC(c2ccccc2)C1. The number of aliphatic hydroxyl groups is 1. The number of nitrogens with one attached hydrogen (secondary N) is 1. The standard InChI is InChI=1S/C14H17NO2/c16-7-6-15-13-8-12(9-14(17)10-13)11-4-2-1-3-5-11/h1-5,10,12,15-16H,6-9H2. The Balaban J connectivity index is 2.08. The first-order valence-corrected chi connectivity index (χ1v) is 5.92. The predicted octanol–water partition coefficient (Wildman–Crippen LogP) is 1.60. The molecule has 1 unspecified atom stereocenters. The lowest BCUT2D eigenvalue weighted by atomic mass is 9.85. The second-order valence-electron chi connectivity index (χ2n) is 4.30. The van der Waals surface area contributed by atoms with Crippen LogP contribution < -0.4 is 5.32 Å². The molecule has 0 saturated carbocycles. The number of carbonyl (C=O) groups excluding carboxylic acids is 1. The van der Waals surface area contributed by atoms with Gasteiger partial charge in [0.1, 0.15) is 0 Å². The molecule has 0 fully saturated rings. The van der Waals surface area contributed by atoms with Crippen molar-refractivity contribution in [2.45, 2.75) is 18.8 Å². The minimum atomic E-state index is 0.0849. The van der Waals surface area contributed by atoms with E-state index in [2.05, 4.69) is 17.4 Å². The summed E-state index contributed by atoms with van der Waals surface area (Å²) in [5.74, 6) is 0.417. The Morgan fingerprint density at radius 1 is 1.24 bits per heavy atom. The van der Waals surface area contributed by atoms with Crippen LogP contribution in [0.1, 0.15) is 24.3 Å². The lowest BCUT2D eigenvalue weighted by molar-refractivity contribution is -0.115. The van der Waals surface area contributed by atoms with Gasteiger partial charge in [0.05, 0.1) is 6.61 Å². The highest BCUT2D eigenvalue weighted by atomic mass is 16.3. The van der Waals surface area contributed by atoms with Gasteiger partial charge in [0.25, 0.3) is 0 Å². The molecule has 0 aromatic heterocycles. The van der Waals surface area contributed by atoms with Crippen molar-refractivity contribution in [1.29, 1.82) is 0 Å². The zero-order valence-electron chi connectivity index (χ0n) is 9.73. The molecule has 2 N–H and O–H groups in total. The number of aliphatic hydroxyl groups excluding tert-OH is 1. The van der Waals surface area contributed by atoms with Crippen molar-refractivity contribution in [3.05, 3.63) is 47.7 Å². The summed E-state index contributed by atoms with van der Waals surface area (Å²) in [4.78, 5) is 11.6. The molecule has 1 aliphatic carbocycles. The fraction of sp³-hybridized carbons (Fsp3) is 0.357. The first-order chi connectivity index (χ1) is 8.29. The summed E-state index contributed by atoms with van der Waals surface area (Å²) >= 11 is 0. The van der Waals surface area contributed by atoms with E-state index in [0.717, 1.165) is 12.1 Å². The Bertz CT molecular complexity index is 411. The Morgan fingerprint density at radius 3 is 2.71 bits per heavy atom. The smallest absolute Gasteiger partial charge is 0.158 e. The second-order valence-corrected chi connectivity index (χ2v) is 4.30. The number of hydrogen-bond donors (Lipinski definition) is 2. The lowest BCUT2D eigenvalue weighted by Crippen LogP contribution is -2.24. The van der Waals surface area contributed by atoms with Crippen molar-refractivity contribution in [3.63, 3.8) is 0 Å². The van der Waals surface area contributed by atoms with Crippen LogP contribution in [0.3, 0.4) is 0 Å². The summed E-state index contributed by atoms with van der Waals surface area (Å²) in [6.07, 6.45) is 3.08. The van der Waals surface area contributed by atoms with E-state index < -0.39 is 0 Å². The van der Waals surface area contributed by atoms with Crippen LogP contribution in [0, 0.1) is 0 Å². The fourth-order valence-electron chi connectivity index (χ4n) is 2.19. The highest BCUT2D eigenvalue weighted by molar-refractivity contribution is 5.91. The molecule has 1 aromatic carbocycles. The maximum atomic E-state index is 11.6. The summed E-state index contributed by atoms with van der Waals surface area (Å²) in [6.45, 7) is 0.585. The minimum Gasteiger partial charge on any atom is -0.395 e. The summed E-state index contributed by atoms with van der Waals surface area (Å²) < 4.78 is 0. The van der Waals surface area contributed by atoms with Gasteiger partial charge in [-0.2, -0.15) is 0 Å². The van der Waals surface area contributed by atoms with Crippen LogP contribution in [0.15, 0.2) is 42.1 Å². The normalized spacial score (nSPS) is 19.9. The monoisotopic (exact) mass is 231 g/mol. The average Bonchev–Trinajstić information content (AvgIpc) is 2.37.